The highest BCUT2D eigenvalue weighted by atomic mass is 16.8. The van der Waals surface area contributed by atoms with Gasteiger partial charge in [-0.15, -0.1) is 0 Å². The van der Waals surface area contributed by atoms with E-state index >= 15 is 19.2 Å². The third kappa shape index (κ3) is 13.6. The molecule has 0 radical (unpaired) electrons. The molecule has 37 heteroatoms. The topological polar surface area (TPSA) is 554 Å². The summed E-state index contributed by atoms with van der Waals surface area (Å²) in [5, 5.41) is 185. The minimum absolute atomic E-state index is 0.0101. The Morgan fingerprint density at radius 3 is 1.44 bits per heavy atom. The molecular weight excluding hydrogens is 1610 g/mol. The Balaban J connectivity index is 0.798. The number of methoxy groups -OCH3 is 3. The summed E-state index contributed by atoms with van der Waals surface area (Å²) in [4.78, 5) is 89.5. The highest BCUT2D eigenvalue weighted by molar-refractivity contribution is 6.43. The largest absolute Gasteiger partial charge is 0.507 e. The van der Waals surface area contributed by atoms with Gasteiger partial charge in [0.2, 0.25) is 23.1 Å². The molecule has 3 aromatic rings. The van der Waals surface area contributed by atoms with Gasteiger partial charge in [-0.1, -0.05) is 26.7 Å². The second-order valence-corrected chi connectivity index (χ2v) is 35.1. The van der Waals surface area contributed by atoms with E-state index in [0.717, 1.165) is 21.3 Å². The SMILES string of the molecule is CCCC1(O)C(O[C@H]2CC[C@H](O[C@H]3CC[C@@](O)(C(C)=O)[C@H](C)O3)[C@@H](C)O2)C(O)C(O[C@@H]2C[C@H](O)[C@H](O)[C@@H](C)O2)C2Cc3cc4c(OC)c(OC)c(C5=C(OC)C(=O)c6c(O)c7c(c(O)c6C5=O)C(=O)C5(O)C6C7OC5(CCC)C(O[C@H]5CC[C@H](O[C@@H]7CCC(O)(C(C)=O)[C@H](C)O7)[C@@H](C)O5)C(O)C6O[C@@H]5C[C@H](O)[C@H](O)[C@@H](C)O5)c(O)c4c(O)c3C(=O)C21O. The molecule has 7 aliphatic heterocycles. The number of phenolic OH excluding ortho intramolecular Hbond substituents is 4. The number of allylic oxidation sites excluding steroid dienone is 2. The van der Waals surface area contributed by atoms with Crippen LogP contribution in [0.3, 0.4) is 0 Å². The van der Waals surface area contributed by atoms with Crippen LogP contribution in [0.4, 0.5) is 0 Å². The number of carbonyl (C=O) groups is 6. The van der Waals surface area contributed by atoms with Crippen LogP contribution in [0, 0.1) is 11.8 Å². The molecule has 3 aromatic carbocycles. The van der Waals surface area contributed by atoms with Gasteiger partial charge < -0.3 is 152 Å². The molecule has 2 saturated carbocycles. The maximum Gasteiger partial charge on any atom is 0.232 e. The molecule has 7 saturated heterocycles. The summed E-state index contributed by atoms with van der Waals surface area (Å²) >= 11 is 0. The summed E-state index contributed by atoms with van der Waals surface area (Å²) in [6.45, 7) is 15.1. The third-order valence-corrected chi connectivity index (χ3v) is 28.3. The van der Waals surface area contributed by atoms with Crippen LogP contribution in [0.5, 0.6) is 34.5 Å². The van der Waals surface area contributed by atoms with Gasteiger partial charge in [-0.2, -0.15) is 0 Å². The average molecular weight is 1730 g/mol. The molecule has 33 atom stereocenters. The van der Waals surface area contributed by atoms with E-state index in [-0.39, 0.29) is 81.6 Å². The monoisotopic (exact) mass is 1720 g/mol. The number of ketones is 6. The predicted molar refractivity (Wildman–Crippen MR) is 412 cm³/mol. The number of ether oxygens (including phenoxy) is 16. The Kier molecular flexibility index (Phi) is 24.3. The zero-order chi connectivity index (χ0) is 88.5. The van der Waals surface area contributed by atoms with E-state index in [9.17, 15) is 86.2 Å². The van der Waals surface area contributed by atoms with Gasteiger partial charge in [0.15, 0.2) is 77.8 Å². The number of aliphatic hydroxyl groups is 11. The first-order valence-corrected chi connectivity index (χ1v) is 42.0. The van der Waals surface area contributed by atoms with E-state index in [1.165, 1.54) is 33.8 Å². The van der Waals surface area contributed by atoms with Crippen molar-refractivity contribution >= 4 is 51.0 Å². The Morgan fingerprint density at radius 1 is 0.484 bits per heavy atom. The van der Waals surface area contributed by atoms with Gasteiger partial charge in [-0.25, -0.2) is 0 Å². The second-order valence-electron chi connectivity index (χ2n) is 35.1. The number of carbonyl (C=O) groups excluding carboxylic acids is 6. The number of aromatic hydroxyl groups is 4. The smallest absolute Gasteiger partial charge is 0.232 e. The summed E-state index contributed by atoms with van der Waals surface area (Å²) in [7, 11) is 3.09. The van der Waals surface area contributed by atoms with Crippen molar-refractivity contribution in [2.45, 2.75) is 353 Å². The van der Waals surface area contributed by atoms with Crippen molar-refractivity contribution < 1.29 is 181 Å². The molecule has 0 amide bonds. The Morgan fingerprint density at radius 2 is 0.959 bits per heavy atom. The lowest BCUT2D eigenvalue weighted by molar-refractivity contribution is -0.358. The van der Waals surface area contributed by atoms with E-state index in [1.807, 2.05) is 0 Å². The van der Waals surface area contributed by atoms with Crippen LogP contribution in [-0.4, -0.2) is 314 Å². The summed E-state index contributed by atoms with van der Waals surface area (Å²) < 4.78 is 101. The Hall–Kier alpha value is -6.68. The molecule has 122 heavy (non-hydrogen) atoms. The Bertz CT molecular complexity index is 4640. The quantitative estimate of drug-likeness (QED) is 0.0642. The van der Waals surface area contributed by atoms with Crippen LogP contribution < -0.4 is 9.47 Å². The second kappa shape index (κ2) is 32.9. The van der Waals surface area contributed by atoms with Crippen molar-refractivity contribution in [3.05, 3.63) is 50.8 Å². The number of hydrogen-bond donors (Lipinski definition) is 15. The lowest BCUT2D eigenvalue weighted by Gasteiger charge is -2.60. The zero-order valence-corrected chi connectivity index (χ0v) is 70.0. The molecule has 674 valence electrons. The van der Waals surface area contributed by atoms with E-state index in [1.54, 1.807) is 41.5 Å². The van der Waals surface area contributed by atoms with E-state index in [4.69, 9.17) is 75.8 Å². The number of fused-ring (bicyclic) bond motifs is 6. The predicted octanol–water partition coefficient (Wildman–Crippen LogP) is 2.40. The molecule has 15 rings (SSSR count). The van der Waals surface area contributed by atoms with Crippen molar-refractivity contribution in [1.82, 2.24) is 0 Å². The number of rotatable bonds is 22. The molecule has 37 nitrogen and oxygen atoms in total. The zero-order valence-electron chi connectivity index (χ0n) is 70.0. The number of aliphatic hydroxyl groups excluding tert-OH is 6. The average Bonchev–Trinajstić information content (AvgIpc) is 1.47. The first-order valence-electron chi connectivity index (χ1n) is 42.0. The fourth-order valence-corrected chi connectivity index (χ4v) is 21.7. The van der Waals surface area contributed by atoms with Crippen LogP contribution in [0.15, 0.2) is 11.8 Å². The lowest BCUT2D eigenvalue weighted by atomic mass is 9.53. The van der Waals surface area contributed by atoms with Gasteiger partial charge in [-0.05, 0) is 112 Å². The summed E-state index contributed by atoms with van der Waals surface area (Å²) in [5.41, 5.74) is -21.6. The van der Waals surface area contributed by atoms with Crippen molar-refractivity contribution in [2.75, 3.05) is 21.3 Å². The lowest BCUT2D eigenvalue weighted by Crippen LogP contribution is -2.80. The minimum Gasteiger partial charge on any atom is -0.507 e. The van der Waals surface area contributed by atoms with E-state index < -0.39 is 344 Å². The highest BCUT2D eigenvalue weighted by Crippen LogP contribution is 2.69. The molecule has 5 aliphatic carbocycles. The van der Waals surface area contributed by atoms with Gasteiger partial charge >= 0.3 is 0 Å². The maximum absolute atomic E-state index is 16.4. The number of phenols is 4. The van der Waals surface area contributed by atoms with Crippen LogP contribution in [-0.2, 0) is 82.3 Å². The molecule has 15 N–H and O–H groups in total. The summed E-state index contributed by atoms with van der Waals surface area (Å²) in [6.07, 6.45) is -35.1. The first-order chi connectivity index (χ1) is 57.5. The number of Topliss-reactive ketones (excluding diaryl/α,β-unsaturated/α-hetero) is 6. The van der Waals surface area contributed by atoms with Crippen molar-refractivity contribution in [2.24, 2.45) is 11.8 Å². The normalized spacial score (nSPS) is 43.2. The summed E-state index contributed by atoms with van der Waals surface area (Å²) in [6, 6.07) is 1.25. The van der Waals surface area contributed by atoms with Gasteiger partial charge in [-0.3, -0.25) is 28.8 Å². The molecule has 0 spiro atoms. The minimum atomic E-state index is -3.21. The molecule has 7 heterocycles. The van der Waals surface area contributed by atoms with Gasteiger partial charge in [0.1, 0.15) is 82.0 Å². The molecule has 14 unspecified atom stereocenters. The van der Waals surface area contributed by atoms with Crippen molar-refractivity contribution in [1.29, 1.82) is 0 Å². The van der Waals surface area contributed by atoms with Crippen LogP contribution in [0.2, 0.25) is 0 Å². The van der Waals surface area contributed by atoms with E-state index in [2.05, 4.69) is 0 Å². The van der Waals surface area contributed by atoms with Crippen LogP contribution in [0.25, 0.3) is 16.3 Å². The van der Waals surface area contributed by atoms with Crippen LogP contribution >= 0.6 is 0 Å². The first kappa shape index (κ1) is 90.1. The van der Waals surface area contributed by atoms with Crippen LogP contribution in [0.1, 0.15) is 223 Å². The van der Waals surface area contributed by atoms with Gasteiger partial charge in [0, 0.05) is 55.4 Å². The standard InChI is InChI=1S/C85H112O37/c1-14-22-82(104)78(120-45-18-16-43(30(3)110-45)116-47-20-24-80(102,34(7)86)36(9)114-47)68(98)71(118-49-28-41(88)60(90)32(5)112-49)40-27-38-26-39-52(62(92)51(38)76(100)84(40,82)105)63(93)56(74(109-13)70(39)107-11)55-64(94)53-54(67(97)73(55)108-12)65(95)57-58(66(53)96)77(101)85(106)59-72(57)122-83(85,23-15-2)79(69(99)75(59)119-50-29-42(89)61(91)33(6)113-50)121-46-19-17-44(31(4)111-46)117-48-21-25-81(103,35(8)87)37(10)115-48/h26,30-33,36-37,40-50,59-61,68-69,71-72,75,78-79,88-93,95-96,98-99,102-106H,14-25,27-29H2,1-13H3/t30-,31-,32-,33-,36+,37+,40?,41+,42+,43+,44+,45+,46+,47+,48-,49-,50-,59?,60-,61-,68?,69?,71?,72?,75?,78?,79?,80-,81?,82?,83?,84?,85?/m1/s1. The molecule has 9 fully saturated rings. The molecule has 12 aliphatic rings. The molecular formula is C85H112O37. The van der Waals surface area contributed by atoms with Gasteiger partial charge in [0.25, 0.3) is 0 Å². The fraction of sp³-hybridized carbons (Fsp3) is 0.718. The maximum atomic E-state index is 16.4. The van der Waals surface area contributed by atoms with Gasteiger partial charge in [0.05, 0.1) is 145 Å². The van der Waals surface area contributed by atoms with E-state index in [0.29, 0.717) is 0 Å². The van der Waals surface area contributed by atoms with Crippen molar-refractivity contribution in [3.8, 4) is 34.5 Å². The number of hydrogen-bond acceptors (Lipinski definition) is 37. The highest BCUT2D eigenvalue weighted by Gasteiger charge is 2.82. The Labute approximate surface area is 700 Å². The molecule has 4 bridgehead atoms. The fourth-order valence-electron chi connectivity index (χ4n) is 21.7. The third-order valence-electron chi connectivity index (χ3n) is 28.3. The van der Waals surface area contributed by atoms with Crippen molar-refractivity contribution in [3.63, 3.8) is 0 Å². The summed E-state index contributed by atoms with van der Waals surface area (Å²) in [5.74, 6) is -17.3. The number of benzene rings is 3. The molecule has 0 aromatic heterocycles.